The largest absolute Gasteiger partial charge is 0.481 e. The number of rotatable bonds is 16. The van der Waals surface area contributed by atoms with Gasteiger partial charge in [-0.25, -0.2) is 4.79 Å². The third kappa shape index (κ3) is 15.7. The van der Waals surface area contributed by atoms with Gasteiger partial charge in [-0.1, -0.05) is 84.9 Å². The van der Waals surface area contributed by atoms with Crippen LogP contribution in [0.25, 0.3) is 0 Å². The van der Waals surface area contributed by atoms with Gasteiger partial charge in [0.15, 0.2) is 0 Å². The Hall–Kier alpha value is -4.42. The number of likely N-dealkylation sites (N-methyl/N-ethyl adjacent to an activating group) is 2. The van der Waals surface area contributed by atoms with E-state index in [1.165, 1.54) is 16.8 Å². The minimum absolute atomic E-state index is 0.0599. The molecule has 0 fully saturated rings. The van der Waals surface area contributed by atoms with Gasteiger partial charge in [-0.15, -0.1) is 0 Å². The van der Waals surface area contributed by atoms with Gasteiger partial charge in [0.05, 0.1) is 12.5 Å². The summed E-state index contributed by atoms with van der Waals surface area (Å²) < 4.78 is 11.0. The third-order valence-electron chi connectivity index (χ3n) is 9.05. The third-order valence-corrected chi connectivity index (χ3v) is 9.05. The molecule has 1 aromatic carbocycles. The molecule has 55 heavy (non-hydrogen) atoms. The number of carbonyl (C=O) groups is 6. The zero-order chi connectivity index (χ0) is 42.9. The molecule has 3 N–H and O–H groups in total. The highest BCUT2D eigenvalue weighted by molar-refractivity contribution is 5.94. The molecule has 4 amide bonds. The highest BCUT2D eigenvalue weighted by Crippen LogP contribution is 2.32. The van der Waals surface area contributed by atoms with Crippen LogP contribution >= 0.6 is 0 Å². The van der Waals surface area contributed by atoms with E-state index < -0.39 is 88.4 Å². The summed E-state index contributed by atoms with van der Waals surface area (Å²) in [6, 6.07) is 5.74. The molecule has 0 bridgehead atoms. The molecule has 0 aliphatic carbocycles. The highest BCUT2D eigenvalue weighted by Gasteiger charge is 2.46. The lowest BCUT2D eigenvalue weighted by Gasteiger charge is -2.42. The Bertz CT molecular complexity index is 1530. The Balaban J connectivity index is 3.48. The van der Waals surface area contributed by atoms with E-state index in [-0.39, 0.29) is 24.3 Å². The molecule has 0 spiro atoms. The molecule has 13 heteroatoms. The second-order valence-electron chi connectivity index (χ2n) is 18.3. The first-order valence-electron chi connectivity index (χ1n) is 18.9. The van der Waals surface area contributed by atoms with Gasteiger partial charge in [0, 0.05) is 37.5 Å². The summed E-state index contributed by atoms with van der Waals surface area (Å²) in [5.41, 5.74) is -2.19. The highest BCUT2D eigenvalue weighted by atomic mass is 16.6. The molecule has 1 aromatic rings. The fourth-order valence-electron chi connectivity index (χ4n) is 6.18. The molecule has 1 rings (SSSR count). The molecule has 1 unspecified atom stereocenters. The van der Waals surface area contributed by atoms with Crippen LogP contribution in [-0.4, -0.2) is 100 Å². The van der Waals surface area contributed by atoms with E-state index in [9.17, 15) is 33.9 Å². The Morgan fingerprint density at radius 3 is 1.78 bits per heavy atom. The minimum Gasteiger partial charge on any atom is -0.481 e. The van der Waals surface area contributed by atoms with Gasteiger partial charge in [0.25, 0.3) is 0 Å². The summed E-state index contributed by atoms with van der Waals surface area (Å²) >= 11 is 0. The summed E-state index contributed by atoms with van der Waals surface area (Å²) in [5, 5.41) is 15.2. The van der Waals surface area contributed by atoms with Gasteiger partial charge in [-0.05, 0) is 71.8 Å². The van der Waals surface area contributed by atoms with E-state index in [0.717, 1.165) is 5.56 Å². The van der Waals surface area contributed by atoms with Gasteiger partial charge >= 0.3 is 18.0 Å². The van der Waals surface area contributed by atoms with Crippen molar-refractivity contribution < 1.29 is 43.3 Å². The van der Waals surface area contributed by atoms with E-state index in [0.29, 0.717) is 0 Å². The monoisotopic (exact) mass is 772 g/mol. The lowest BCUT2D eigenvalue weighted by Crippen LogP contribution is -2.63. The maximum atomic E-state index is 14.5. The van der Waals surface area contributed by atoms with Crippen molar-refractivity contribution in [2.75, 3.05) is 14.1 Å². The number of carboxylic acids is 1. The molecule has 0 heterocycles. The number of ether oxygens (including phenoxy) is 2. The van der Waals surface area contributed by atoms with Crippen LogP contribution in [0.5, 0.6) is 0 Å². The molecule has 0 saturated heterocycles. The first-order chi connectivity index (χ1) is 24.9. The number of esters is 1. The second-order valence-corrected chi connectivity index (χ2v) is 18.3. The topological polar surface area (TPSA) is 172 Å². The summed E-state index contributed by atoms with van der Waals surface area (Å²) in [7, 11) is 3.11. The second kappa shape index (κ2) is 19.4. The number of amides is 4. The Kier molecular flexibility index (Phi) is 17.2. The predicted molar refractivity (Wildman–Crippen MR) is 213 cm³/mol. The summed E-state index contributed by atoms with van der Waals surface area (Å²) in [6.45, 7) is 25.0. The van der Waals surface area contributed by atoms with E-state index in [1.54, 1.807) is 61.6 Å². The lowest BCUT2D eigenvalue weighted by atomic mass is 9.76. The quantitative estimate of drug-likeness (QED) is 0.130. The van der Waals surface area contributed by atoms with E-state index in [4.69, 9.17) is 9.47 Å². The van der Waals surface area contributed by atoms with Crippen molar-refractivity contribution in [2.45, 2.75) is 157 Å². The van der Waals surface area contributed by atoms with E-state index >= 15 is 0 Å². The summed E-state index contributed by atoms with van der Waals surface area (Å²) in [4.78, 5) is 82.5. The Labute approximate surface area is 328 Å². The molecule has 0 saturated carbocycles. The number of benzene rings is 1. The number of carbonyl (C=O) groups excluding carboxylic acids is 5. The maximum absolute atomic E-state index is 14.5. The predicted octanol–water partition coefficient (Wildman–Crippen LogP) is 6.24. The van der Waals surface area contributed by atoms with Gasteiger partial charge < -0.3 is 30.1 Å². The van der Waals surface area contributed by atoms with Crippen LogP contribution in [0.3, 0.4) is 0 Å². The van der Waals surface area contributed by atoms with Gasteiger partial charge in [-0.3, -0.25) is 28.9 Å². The van der Waals surface area contributed by atoms with Crippen molar-refractivity contribution in [3.8, 4) is 0 Å². The van der Waals surface area contributed by atoms with E-state index in [2.05, 4.69) is 10.6 Å². The van der Waals surface area contributed by atoms with Crippen molar-refractivity contribution in [1.82, 2.24) is 20.4 Å². The zero-order valence-electron chi connectivity index (χ0n) is 36.1. The first-order valence-corrected chi connectivity index (χ1v) is 18.9. The molecule has 0 aromatic heterocycles. The Morgan fingerprint density at radius 2 is 1.33 bits per heavy atom. The van der Waals surface area contributed by atoms with Crippen molar-refractivity contribution in [2.24, 2.45) is 11.3 Å². The van der Waals surface area contributed by atoms with E-state index in [1.807, 2.05) is 78.8 Å². The van der Waals surface area contributed by atoms with Crippen LogP contribution in [0.15, 0.2) is 42.0 Å². The lowest BCUT2D eigenvalue weighted by molar-refractivity contribution is -0.155. The first kappa shape index (κ1) is 48.6. The van der Waals surface area contributed by atoms with Crippen LogP contribution in [0.4, 0.5) is 4.79 Å². The molecule has 310 valence electrons. The number of carboxylic acid groups (broad SMARTS) is 1. The van der Waals surface area contributed by atoms with Crippen LogP contribution in [0.2, 0.25) is 0 Å². The van der Waals surface area contributed by atoms with Crippen LogP contribution in [0.1, 0.15) is 122 Å². The van der Waals surface area contributed by atoms with Gasteiger partial charge in [-0.2, -0.15) is 0 Å². The molecule has 13 nitrogen and oxygen atoms in total. The van der Waals surface area contributed by atoms with Crippen molar-refractivity contribution >= 4 is 35.8 Å². The van der Waals surface area contributed by atoms with Crippen LogP contribution in [0, 0.1) is 11.3 Å². The average Bonchev–Trinajstić information content (AvgIpc) is 3.02. The summed E-state index contributed by atoms with van der Waals surface area (Å²) in [5.74, 6) is -3.33. The molecular formula is C42H68N4O9. The fraction of sp³-hybridized carbons (Fsp3) is 0.667. The number of hydrogen-bond donors (Lipinski definition) is 3. The number of nitrogens with zero attached hydrogens (tertiary/aromatic N) is 2. The van der Waals surface area contributed by atoms with Crippen molar-refractivity contribution in [3.63, 3.8) is 0 Å². The molecule has 0 aliphatic heterocycles. The maximum Gasteiger partial charge on any atom is 0.410 e. The molecule has 0 radical (unpaired) electrons. The summed E-state index contributed by atoms with van der Waals surface area (Å²) in [6.07, 6.45) is 0.529. The normalized spacial score (nSPS) is 14.9. The number of aliphatic carboxylic acids is 1. The fourth-order valence-corrected chi connectivity index (χ4v) is 6.18. The van der Waals surface area contributed by atoms with Crippen LogP contribution < -0.4 is 10.6 Å². The van der Waals surface area contributed by atoms with Gasteiger partial charge in [0.2, 0.25) is 17.7 Å². The molecule has 0 aliphatic rings. The standard InChI is InChI=1S/C42H68N4O9/c1-26(2)30(24-27(3)35(50)43-29(25-31(47)48)22-23-32(49)54-40(7,8)9)45(15)37(52)33(39(4,5)6)44-36(51)34(46(16)38(53)55-41(10,11)12)42(13,14)28-20-18-17-19-21-28/h17-21,24,26,29-30,33-34H,22-23,25H2,1-16H3,(H,43,50)(H,44,51)(H,47,48)/b27-24+/t29-,30+,33?,34+/m0/s1. The smallest absolute Gasteiger partial charge is 0.410 e. The number of nitrogens with one attached hydrogen (secondary N) is 2. The average molecular weight is 773 g/mol. The Morgan fingerprint density at radius 1 is 0.800 bits per heavy atom. The van der Waals surface area contributed by atoms with Gasteiger partial charge in [0.1, 0.15) is 23.3 Å². The van der Waals surface area contributed by atoms with Crippen molar-refractivity contribution in [1.29, 1.82) is 0 Å². The molecular weight excluding hydrogens is 704 g/mol. The SMILES string of the molecule is C/C(=C\[C@H](C(C)C)N(C)C(=O)C(NC(=O)[C@@H](N(C)C(=O)OC(C)(C)C)C(C)(C)c1ccccc1)C(C)(C)C)C(=O)N[C@@H](CCC(=O)OC(C)(C)C)CC(=O)O. The number of hydrogen-bond acceptors (Lipinski definition) is 8. The van der Waals surface area contributed by atoms with Crippen LogP contribution in [-0.2, 0) is 38.9 Å². The minimum atomic E-state index is -1.14. The molecule has 4 atom stereocenters. The zero-order valence-corrected chi connectivity index (χ0v) is 36.1. The van der Waals surface area contributed by atoms with Crippen molar-refractivity contribution in [3.05, 3.63) is 47.5 Å².